The number of nitrogens with zero attached hydrogens (tertiary/aromatic N) is 5. The minimum Gasteiger partial charge on any atom is -0.475 e. The number of aryl methyl sites for hydroxylation is 2. The summed E-state index contributed by atoms with van der Waals surface area (Å²) in [6.07, 6.45) is 4.33. The van der Waals surface area contributed by atoms with Crippen molar-refractivity contribution in [3.8, 4) is 22.3 Å². The highest BCUT2D eigenvalue weighted by Gasteiger charge is 2.38. The Morgan fingerprint density at radius 1 is 1.00 bits per heavy atom. The molecule has 8 nitrogen and oxygen atoms in total. The van der Waals surface area contributed by atoms with Crippen molar-refractivity contribution in [2.45, 2.75) is 6.18 Å². The van der Waals surface area contributed by atoms with Gasteiger partial charge in [0.15, 0.2) is 0 Å². The highest BCUT2D eigenvalue weighted by atomic mass is 19.4. The molecule has 0 saturated heterocycles. The molecule has 30 heavy (non-hydrogen) atoms. The number of nitrogens with two attached hydrogens (primary N) is 1. The van der Waals surface area contributed by atoms with Crippen molar-refractivity contribution in [2.75, 3.05) is 5.73 Å². The van der Waals surface area contributed by atoms with Gasteiger partial charge in [0.25, 0.3) is 0 Å². The number of carbonyl (C=O) groups is 1. The standard InChI is InChI=1S/C17H16N6.C2HF3O2/c1-22-9-13(7-20-22)11-3-4-12-6-19-17(18)16(15(12)5-11)14-8-21-23(2)10-14;3-2(4,5)1(6)7/h3-10H,1-2H3,(H2,18,19);(H,6,7). The quantitative estimate of drug-likeness (QED) is 0.517. The number of aliphatic carboxylic acids is 1. The molecule has 0 atom stereocenters. The van der Waals surface area contributed by atoms with Crippen LogP contribution >= 0.6 is 0 Å². The van der Waals surface area contributed by atoms with Gasteiger partial charge in [-0.05, 0) is 17.0 Å². The fraction of sp³-hybridized carbons (Fsp3) is 0.158. The highest BCUT2D eigenvalue weighted by molar-refractivity contribution is 6.02. The van der Waals surface area contributed by atoms with Gasteiger partial charge in [-0.25, -0.2) is 9.78 Å². The van der Waals surface area contributed by atoms with Crippen LogP contribution < -0.4 is 5.73 Å². The van der Waals surface area contributed by atoms with Crippen LogP contribution in [0.4, 0.5) is 19.0 Å². The lowest BCUT2D eigenvalue weighted by Gasteiger charge is -2.09. The Bertz CT molecular complexity index is 1210. The molecule has 0 amide bonds. The van der Waals surface area contributed by atoms with Crippen LogP contribution in [-0.2, 0) is 18.9 Å². The molecule has 0 radical (unpaired) electrons. The average molecular weight is 418 g/mol. The Hall–Kier alpha value is -3.89. The number of halogens is 3. The number of pyridine rings is 1. The fourth-order valence-electron chi connectivity index (χ4n) is 2.83. The Kier molecular flexibility index (Phi) is 5.45. The number of hydrogen-bond donors (Lipinski definition) is 2. The van der Waals surface area contributed by atoms with E-state index in [1.807, 2.05) is 38.9 Å². The van der Waals surface area contributed by atoms with Crippen LogP contribution in [0.1, 0.15) is 0 Å². The summed E-state index contributed by atoms with van der Waals surface area (Å²) >= 11 is 0. The van der Waals surface area contributed by atoms with Crippen LogP contribution in [0.3, 0.4) is 0 Å². The zero-order valence-electron chi connectivity index (χ0n) is 15.9. The van der Waals surface area contributed by atoms with E-state index in [0.717, 1.165) is 33.0 Å². The third-order valence-corrected chi connectivity index (χ3v) is 4.20. The summed E-state index contributed by atoms with van der Waals surface area (Å²) < 4.78 is 35.3. The monoisotopic (exact) mass is 418 g/mol. The maximum absolute atomic E-state index is 10.6. The van der Waals surface area contributed by atoms with Gasteiger partial charge in [-0.15, -0.1) is 0 Å². The van der Waals surface area contributed by atoms with Gasteiger partial charge in [-0.2, -0.15) is 23.4 Å². The second-order valence-corrected chi connectivity index (χ2v) is 6.43. The van der Waals surface area contributed by atoms with Gasteiger partial charge in [-0.3, -0.25) is 9.36 Å². The third-order valence-electron chi connectivity index (χ3n) is 4.20. The Labute approximate surface area is 168 Å². The predicted molar refractivity (Wildman–Crippen MR) is 104 cm³/mol. The lowest BCUT2D eigenvalue weighted by molar-refractivity contribution is -0.192. The van der Waals surface area contributed by atoms with Crippen LogP contribution in [0.2, 0.25) is 0 Å². The van der Waals surface area contributed by atoms with Gasteiger partial charge in [0, 0.05) is 54.8 Å². The van der Waals surface area contributed by atoms with Crippen LogP contribution in [0.15, 0.2) is 49.2 Å². The van der Waals surface area contributed by atoms with Crippen LogP contribution in [0, 0.1) is 0 Å². The van der Waals surface area contributed by atoms with Gasteiger partial charge in [-0.1, -0.05) is 12.1 Å². The molecule has 11 heteroatoms. The van der Waals surface area contributed by atoms with Crippen molar-refractivity contribution in [3.05, 3.63) is 49.2 Å². The Morgan fingerprint density at radius 3 is 2.07 bits per heavy atom. The summed E-state index contributed by atoms with van der Waals surface area (Å²) in [5, 5.41) is 17.7. The number of hydrogen-bond acceptors (Lipinski definition) is 5. The Balaban J connectivity index is 0.000000318. The topological polar surface area (TPSA) is 112 Å². The number of fused-ring (bicyclic) bond motifs is 1. The molecule has 0 aliphatic heterocycles. The number of nitrogen functional groups attached to an aromatic ring is 1. The molecule has 0 saturated carbocycles. The second kappa shape index (κ2) is 7.85. The van der Waals surface area contributed by atoms with Gasteiger partial charge in [0.2, 0.25) is 0 Å². The van der Waals surface area contributed by atoms with E-state index in [4.69, 9.17) is 15.6 Å². The summed E-state index contributed by atoms with van der Waals surface area (Å²) in [5.74, 6) is -2.25. The molecule has 0 aliphatic rings. The van der Waals surface area contributed by atoms with E-state index in [-0.39, 0.29) is 0 Å². The molecule has 0 spiro atoms. The zero-order valence-corrected chi connectivity index (χ0v) is 15.9. The molecular formula is C19H17F3N6O2. The van der Waals surface area contributed by atoms with Crippen LogP contribution in [0.25, 0.3) is 33.0 Å². The average Bonchev–Trinajstić information content (AvgIpc) is 3.29. The molecule has 3 heterocycles. The van der Waals surface area contributed by atoms with E-state index < -0.39 is 12.1 Å². The molecule has 0 fully saturated rings. The van der Waals surface area contributed by atoms with Gasteiger partial charge < -0.3 is 10.8 Å². The molecule has 3 aromatic heterocycles. The SMILES string of the molecule is Cn1cc(-c2ccc3cnc(N)c(-c4cnn(C)c4)c3c2)cn1.O=C(O)C(F)(F)F. The molecule has 1 aromatic carbocycles. The van der Waals surface area contributed by atoms with Crippen molar-refractivity contribution in [1.82, 2.24) is 24.5 Å². The number of aromatic nitrogens is 5. The number of rotatable bonds is 2. The van der Waals surface area contributed by atoms with Crippen molar-refractivity contribution in [3.63, 3.8) is 0 Å². The minimum atomic E-state index is -5.08. The first-order valence-electron chi connectivity index (χ1n) is 8.52. The normalized spacial score (nSPS) is 11.2. The minimum absolute atomic E-state index is 0.508. The molecular weight excluding hydrogens is 401 g/mol. The lowest BCUT2D eigenvalue weighted by Crippen LogP contribution is -2.21. The van der Waals surface area contributed by atoms with Crippen molar-refractivity contribution >= 4 is 22.6 Å². The maximum Gasteiger partial charge on any atom is 0.490 e. The van der Waals surface area contributed by atoms with Gasteiger partial charge >= 0.3 is 12.1 Å². The Morgan fingerprint density at radius 2 is 1.57 bits per heavy atom. The summed E-state index contributed by atoms with van der Waals surface area (Å²) in [7, 11) is 3.80. The number of benzene rings is 1. The number of carboxylic acids is 1. The summed E-state index contributed by atoms with van der Waals surface area (Å²) in [6.45, 7) is 0. The lowest BCUT2D eigenvalue weighted by atomic mass is 9.98. The van der Waals surface area contributed by atoms with E-state index >= 15 is 0 Å². The van der Waals surface area contributed by atoms with E-state index in [2.05, 4.69) is 33.4 Å². The van der Waals surface area contributed by atoms with Crippen molar-refractivity contribution in [2.24, 2.45) is 14.1 Å². The van der Waals surface area contributed by atoms with E-state index in [9.17, 15) is 13.2 Å². The van der Waals surface area contributed by atoms with Crippen molar-refractivity contribution < 1.29 is 23.1 Å². The number of carboxylic acid groups (broad SMARTS) is 1. The molecule has 4 aromatic rings. The van der Waals surface area contributed by atoms with Crippen LogP contribution in [-0.4, -0.2) is 41.8 Å². The van der Waals surface area contributed by atoms with Gasteiger partial charge in [0.05, 0.1) is 12.4 Å². The summed E-state index contributed by atoms with van der Waals surface area (Å²) in [5.41, 5.74) is 10.2. The zero-order chi connectivity index (χ0) is 22.1. The maximum atomic E-state index is 10.6. The third kappa shape index (κ3) is 4.40. The predicted octanol–water partition coefficient (Wildman–Crippen LogP) is 3.25. The van der Waals surface area contributed by atoms with Crippen molar-refractivity contribution in [1.29, 1.82) is 0 Å². The largest absolute Gasteiger partial charge is 0.490 e. The molecule has 0 aliphatic carbocycles. The second-order valence-electron chi connectivity index (χ2n) is 6.43. The first kappa shape index (κ1) is 20.8. The fourth-order valence-corrected chi connectivity index (χ4v) is 2.83. The van der Waals surface area contributed by atoms with Gasteiger partial charge in [0.1, 0.15) is 5.82 Å². The van der Waals surface area contributed by atoms with E-state index in [0.29, 0.717) is 5.82 Å². The first-order valence-corrected chi connectivity index (χ1v) is 8.52. The summed E-state index contributed by atoms with van der Waals surface area (Å²) in [6, 6.07) is 6.26. The summed E-state index contributed by atoms with van der Waals surface area (Å²) in [4.78, 5) is 13.2. The first-order chi connectivity index (χ1) is 14.1. The van der Waals surface area contributed by atoms with E-state index in [1.54, 1.807) is 15.6 Å². The highest BCUT2D eigenvalue weighted by Crippen LogP contribution is 2.34. The number of alkyl halides is 3. The molecule has 4 rings (SSSR count). The van der Waals surface area contributed by atoms with Crippen LogP contribution in [0.5, 0.6) is 0 Å². The number of anilines is 1. The molecule has 3 N–H and O–H groups in total. The molecule has 0 bridgehead atoms. The smallest absolute Gasteiger partial charge is 0.475 e. The van der Waals surface area contributed by atoms with E-state index in [1.165, 1.54) is 0 Å². The molecule has 0 unspecified atom stereocenters. The molecule has 156 valence electrons.